The lowest BCUT2D eigenvalue weighted by Crippen LogP contribution is -2.36. The van der Waals surface area contributed by atoms with Gasteiger partial charge in [-0.3, -0.25) is 9.59 Å². The molecule has 37 heavy (non-hydrogen) atoms. The molecule has 3 aromatic rings. The monoisotopic (exact) mass is 526 g/mol. The van der Waals surface area contributed by atoms with E-state index in [2.05, 4.69) is 10.3 Å². The van der Waals surface area contributed by atoms with E-state index < -0.39 is 33.9 Å². The Balaban J connectivity index is 1.52. The maximum Gasteiger partial charge on any atom is 0.344 e. The molecule has 0 bridgehead atoms. The van der Waals surface area contributed by atoms with Crippen molar-refractivity contribution in [3.8, 4) is 0 Å². The number of carbonyl (C=O) groups excluding carboxylic acids is 2. The number of carbonyl (C=O) groups is 2. The van der Waals surface area contributed by atoms with Gasteiger partial charge in [0.2, 0.25) is 15.5 Å². The molecule has 0 spiro atoms. The van der Waals surface area contributed by atoms with E-state index in [9.17, 15) is 22.8 Å². The predicted molar refractivity (Wildman–Crippen MR) is 139 cm³/mol. The lowest BCUT2D eigenvalue weighted by molar-refractivity contribution is -0.119. The molecule has 1 saturated heterocycles. The first-order valence-corrected chi connectivity index (χ1v) is 13.6. The Morgan fingerprint density at radius 2 is 1.81 bits per heavy atom. The van der Waals surface area contributed by atoms with Gasteiger partial charge in [0, 0.05) is 31.5 Å². The Labute approximate surface area is 215 Å². The van der Waals surface area contributed by atoms with E-state index in [1.165, 1.54) is 22.6 Å². The number of sulfonamides is 1. The molecule has 0 saturated carbocycles. The molecule has 1 N–H and O–H groups in total. The predicted octanol–water partition coefficient (Wildman–Crippen LogP) is 3.00. The number of hydrogen-bond acceptors (Lipinski definition) is 7. The summed E-state index contributed by atoms with van der Waals surface area (Å²) in [6.45, 7) is 6.07. The third-order valence-electron chi connectivity index (χ3n) is 6.30. The number of hydrogen-bond donors (Lipinski definition) is 1. The zero-order valence-corrected chi connectivity index (χ0v) is 21.9. The number of fused-ring (bicyclic) bond motifs is 1. The van der Waals surface area contributed by atoms with Gasteiger partial charge in [0.25, 0.3) is 5.91 Å². The topological polar surface area (TPSA) is 128 Å². The van der Waals surface area contributed by atoms with E-state index in [1.807, 2.05) is 13.8 Å². The van der Waals surface area contributed by atoms with Gasteiger partial charge in [0.05, 0.1) is 11.1 Å². The molecule has 0 radical (unpaired) electrons. The molecule has 1 aromatic carbocycles. The molecule has 1 amide bonds. The lowest BCUT2D eigenvalue weighted by atomic mass is 10.2. The molecule has 0 atom stereocenters. The van der Waals surface area contributed by atoms with Crippen molar-refractivity contribution in [1.82, 2.24) is 13.9 Å². The first-order valence-electron chi connectivity index (χ1n) is 12.2. The molecule has 3 heterocycles. The quantitative estimate of drug-likeness (QED) is 0.469. The standard InChI is InChI=1S/C26H30N4O6S/c1-4-29-15-20(24(32)19-10-9-18(3)27-25(19)29)26(33)36-16-23(31)28-21-11-8-17(2)14-22(21)37(34,35)30-12-6-5-7-13-30/h8-11,14-15H,4-7,12-13,16H2,1-3H3,(H,28,31). The van der Waals surface area contributed by atoms with Crippen LogP contribution in [0.4, 0.5) is 5.69 Å². The van der Waals surface area contributed by atoms with Crippen LogP contribution in [0.2, 0.25) is 0 Å². The number of aryl methyl sites for hydroxylation is 3. The number of nitrogens with one attached hydrogen (secondary N) is 1. The fraction of sp³-hybridized carbons (Fsp3) is 0.385. The largest absolute Gasteiger partial charge is 0.452 e. The highest BCUT2D eigenvalue weighted by molar-refractivity contribution is 7.89. The summed E-state index contributed by atoms with van der Waals surface area (Å²) in [6, 6.07) is 8.02. The number of benzene rings is 1. The SMILES string of the molecule is CCn1cc(C(=O)OCC(=O)Nc2ccc(C)cc2S(=O)(=O)N2CCCCC2)c(=O)c2ccc(C)nc21. The lowest BCUT2D eigenvalue weighted by Gasteiger charge is -2.27. The first-order chi connectivity index (χ1) is 17.6. The molecular weight excluding hydrogens is 496 g/mol. The van der Waals surface area contributed by atoms with Crippen LogP contribution in [0, 0.1) is 13.8 Å². The third-order valence-corrected chi connectivity index (χ3v) is 8.24. The molecule has 1 aliphatic heterocycles. The summed E-state index contributed by atoms with van der Waals surface area (Å²) in [5, 5.41) is 2.82. The Morgan fingerprint density at radius 3 is 2.51 bits per heavy atom. The van der Waals surface area contributed by atoms with Gasteiger partial charge < -0.3 is 14.6 Å². The highest BCUT2D eigenvalue weighted by Gasteiger charge is 2.29. The number of pyridine rings is 2. The summed E-state index contributed by atoms with van der Waals surface area (Å²) < 4.78 is 34.8. The van der Waals surface area contributed by atoms with E-state index in [-0.39, 0.29) is 21.5 Å². The summed E-state index contributed by atoms with van der Waals surface area (Å²) in [6.07, 6.45) is 3.92. The van der Waals surface area contributed by atoms with E-state index in [1.54, 1.807) is 29.7 Å². The Hall–Kier alpha value is -3.57. The van der Waals surface area contributed by atoms with Crippen LogP contribution in [0.3, 0.4) is 0 Å². The summed E-state index contributed by atoms with van der Waals surface area (Å²) in [4.78, 5) is 42.7. The average molecular weight is 527 g/mol. The van der Waals surface area contributed by atoms with Gasteiger partial charge in [-0.1, -0.05) is 12.5 Å². The number of amides is 1. The Kier molecular flexibility index (Phi) is 7.74. The normalized spacial score (nSPS) is 14.5. The van der Waals surface area contributed by atoms with Crippen molar-refractivity contribution in [2.45, 2.75) is 51.5 Å². The fourth-order valence-electron chi connectivity index (χ4n) is 4.33. The number of ether oxygens (including phenoxy) is 1. The van der Waals surface area contributed by atoms with Crippen LogP contribution in [-0.4, -0.2) is 53.8 Å². The highest BCUT2D eigenvalue weighted by Crippen LogP contribution is 2.28. The fourth-order valence-corrected chi connectivity index (χ4v) is 6.08. The number of aromatic nitrogens is 2. The highest BCUT2D eigenvalue weighted by atomic mass is 32.2. The summed E-state index contributed by atoms with van der Waals surface area (Å²) >= 11 is 0. The molecule has 196 valence electrons. The molecule has 11 heteroatoms. The third kappa shape index (κ3) is 5.57. The maximum absolute atomic E-state index is 13.3. The molecular formula is C26H30N4O6S. The minimum absolute atomic E-state index is 0.00256. The van der Waals surface area contributed by atoms with E-state index >= 15 is 0 Å². The van der Waals surface area contributed by atoms with Crippen molar-refractivity contribution in [2.24, 2.45) is 0 Å². The zero-order valence-electron chi connectivity index (χ0n) is 21.1. The van der Waals surface area contributed by atoms with Gasteiger partial charge >= 0.3 is 5.97 Å². The molecule has 0 aliphatic carbocycles. The van der Waals surface area contributed by atoms with Crippen LogP contribution >= 0.6 is 0 Å². The van der Waals surface area contributed by atoms with E-state index in [0.717, 1.165) is 30.5 Å². The molecule has 10 nitrogen and oxygen atoms in total. The second kappa shape index (κ2) is 10.8. The molecule has 0 unspecified atom stereocenters. The average Bonchev–Trinajstić information content (AvgIpc) is 2.89. The van der Waals surface area contributed by atoms with Crippen LogP contribution in [-0.2, 0) is 26.1 Å². The second-order valence-corrected chi connectivity index (χ2v) is 11.0. The first kappa shape index (κ1) is 26.5. The summed E-state index contributed by atoms with van der Waals surface area (Å²) in [5.41, 5.74) is 1.29. The molecule has 1 aliphatic rings. The van der Waals surface area contributed by atoms with Crippen LogP contribution in [0.5, 0.6) is 0 Å². The second-order valence-electron chi connectivity index (χ2n) is 9.07. The maximum atomic E-state index is 13.3. The van der Waals surface area contributed by atoms with Gasteiger partial charge in [0.15, 0.2) is 6.61 Å². The van der Waals surface area contributed by atoms with E-state index in [0.29, 0.717) is 25.3 Å². The van der Waals surface area contributed by atoms with Gasteiger partial charge in [-0.05, 0) is 63.4 Å². The molecule has 4 rings (SSSR count). The minimum Gasteiger partial charge on any atom is -0.452 e. The van der Waals surface area contributed by atoms with Gasteiger partial charge in [-0.2, -0.15) is 4.31 Å². The van der Waals surface area contributed by atoms with Gasteiger partial charge in [-0.15, -0.1) is 0 Å². The number of piperidine rings is 1. The molecule has 1 fully saturated rings. The van der Waals surface area contributed by atoms with Crippen molar-refractivity contribution in [2.75, 3.05) is 25.0 Å². The summed E-state index contributed by atoms with van der Waals surface area (Å²) in [7, 11) is -3.81. The van der Waals surface area contributed by atoms with Crippen molar-refractivity contribution >= 4 is 38.6 Å². The van der Waals surface area contributed by atoms with Gasteiger partial charge in [-0.25, -0.2) is 18.2 Å². The summed E-state index contributed by atoms with van der Waals surface area (Å²) in [5.74, 6) is -1.67. The van der Waals surface area contributed by atoms with Crippen LogP contribution in [0.1, 0.15) is 47.8 Å². The van der Waals surface area contributed by atoms with E-state index in [4.69, 9.17) is 4.74 Å². The van der Waals surface area contributed by atoms with Crippen molar-refractivity contribution in [1.29, 1.82) is 0 Å². The molecule has 2 aromatic heterocycles. The zero-order chi connectivity index (χ0) is 26.7. The minimum atomic E-state index is -3.81. The number of anilines is 1. The van der Waals surface area contributed by atoms with Crippen molar-refractivity contribution in [3.05, 3.63) is 63.6 Å². The van der Waals surface area contributed by atoms with Crippen LogP contribution < -0.4 is 10.7 Å². The Bertz CT molecular complexity index is 1520. The smallest absolute Gasteiger partial charge is 0.344 e. The van der Waals surface area contributed by atoms with Crippen LogP contribution in [0.15, 0.2) is 46.2 Å². The van der Waals surface area contributed by atoms with Crippen LogP contribution in [0.25, 0.3) is 11.0 Å². The van der Waals surface area contributed by atoms with Crippen molar-refractivity contribution < 1.29 is 22.7 Å². The number of rotatable bonds is 7. The number of esters is 1. The number of nitrogens with zero attached hydrogens (tertiary/aromatic N) is 3. The Morgan fingerprint density at radius 1 is 1.08 bits per heavy atom. The van der Waals surface area contributed by atoms with Gasteiger partial charge in [0.1, 0.15) is 16.1 Å². The van der Waals surface area contributed by atoms with Crippen molar-refractivity contribution in [3.63, 3.8) is 0 Å².